The molecule has 0 aliphatic carbocycles. The fraction of sp³-hybridized carbons (Fsp3) is 0.167. The summed E-state index contributed by atoms with van der Waals surface area (Å²) >= 11 is 0. The molecule has 2 heterocycles. The predicted molar refractivity (Wildman–Crippen MR) is 96.4 cm³/mol. The van der Waals surface area contributed by atoms with E-state index in [2.05, 4.69) is 25.6 Å². The molecule has 0 aliphatic rings. The molecule has 128 valence electrons. The molecule has 0 saturated heterocycles. The van der Waals surface area contributed by atoms with Crippen molar-refractivity contribution in [3.63, 3.8) is 0 Å². The maximum absolute atomic E-state index is 5.36. The molecule has 0 fully saturated rings. The lowest BCUT2D eigenvalue weighted by atomic mass is 10.2. The zero-order valence-corrected chi connectivity index (χ0v) is 14.1. The van der Waals surface area contributed by atoms with Gasteiger partial charge in [0.2, 0.25) is 5.95 Å². The second kappa shape index (κ2) is 7.96. The molecule has 7 heteroatoms. The van der Waals surface area contributed by atoms with Gasteiger partial charge >= 0.3 is 0 Å². The van der Waals surface area contributed by atoms with Gasteiger partial charge in [0, 0.05) is 31.2 Å². The Kier molecular flexibility index (Phi) is 5.26. The summed E-state index contributed by atoms with van der Waals surface area (Å²) < 4.78 is 10.6. The Labute approximate surface area is 146 Å². The lowest BCUT2D eigenvalue weighted by Crippen LogP contribution is -2.05. The Morgan fingerprint density at radius 3 is 2.72 bits per heavy atom. The van der Waals surface area contributed by atoms with Crippen LogP contribution in [0.4, 0.5) is 17.5 Å². The van der Waals surface area contributed by atoms with E-state index in [0.717, 1.165) is 11.3 Å². The minimum atomic E-state index is 0.461. The van der Waals surface area contributed by atoms with Gasteiger partial charge in [0.25, 0.3) is 0 Å². The van der Waals surface area contributed by atoms with Crippen molar-refractivity contribution in [2.75, 3.05) is 24.9 Å². The number of methoxy groups -OCH3 is 2. The maximum Gasteiger partial charge on any atom is 0.229 e. The number of benzene rings is 1. The van der Waals surface area contributed by atoms with E-state index in [-0.39, 0.29) is 0 Å². The Balaban J connectivity index is 1.73. The van der Waals surface area contributed by atoms with Crippen LogP contribution < -0.4 is 20.1 Å². The molecule has 0 saturated carbocycles. The van der Waals surface area contributed by atoms with Crippen LogP contribution in [0.1, 0.15) is 5.56 Å². The second-order valence-electron chi connectivity index (χ2n) is 5.17. The Morgan fingerprint density at radius 2 is 1.96 bits per heavy atom. The molecule has 25 heavy (non-hydrogen) atoms. The van der Waals surface area contributed by atoms with Crippen LogP contribution in [0.2, 0.25) is 0 Å². The number of nitrogens with one attached hydrogen (secondary N) is 2. The third-order valence-corrected chi connectivity index (χ3v) is 3.51. The number of pyridine rings is 1. The topological polar surface area (TPSA) is 81.2 Å². The van der Waals surface area contributed by atoms with Gasteiger partial charge in [-0.05, 0) is 29.8 Å². The largest absolute Gasteiger partial charge is 0.497 e. The number of hydrogen-bond acceptors (Lipinski definition) is 7. The van der Waals surface area contributed by atoms with Gasteiger partial charge in [-0.25, -0.2) is 4.98 Å². The third-order valence-electron chi connectivity index (χ3n) is 3.51. The molecule has 2 aromatic heterocycles. The van der Waals surface area contributed by atoms with E-state index in [9.17, 15) is 0 Å². The normalized spacial score (nSPS) is 10.2. The van der Waals surface area contributed by atoms with Gasteiger partial charge in [-0.3, -0.25) is 4.98 Å². The number of hydrogen-bond donors (Lipinski definition) is 2. The zero-order valence-electron chi connectivity index (χ0n) is 14.1. The lowest BCUT2D eigenvalue weighted by Gasteiger charge is -2.12. The van der Waals surface area contributed by atoms with E-state index in [4.69, 9.17) is 9.47 Å². The standard InChI is InChI=1S/C18H19N5O2/c1-24-14-5-6-16(25-2)15(10-14)22-18-20-9-7-17(23-18)21-12-13-4-3-8-19-11-13/h3-11H,12H2,1-2H3,(H2,20,21,22,23). The van der Waals surface area contributed by atoms with Crippen molar-refractivity contribution in [1.29, 1.82) is 0 Å². The molecule has 0 spiro atoms. The Bertz CT molecular complexity index is 827. The molecule has 0 amide bonds. The highest BCUT2D eigenvalue weighted by Gasteiger charge is 2.07. The number of ether oxygens (including phenoxy) is 2. The van der Waals surface area contributed by atoms with Crippen LogP contribution in [-0.4, -0.2) is 29.2 Å². The first-order valence-corrected chi connectivity index (χ1v) is 7.73. The molecular formula is C18H19N5O2. The minimum Gasteiger partial charge on any atom is -0.497 e. The Morgan fingerprint density at radius 1 is 1.04 bits per heavy atom. The first-order chi connectivity index (χ1) is 12.3. The lowest BCUT2D eigenvalue weighted by molar-refractivity contribution is 0.405. The summed E-state index contributed by atoms with van der Waals surface area (Å²) in [5.74, 6) is 2.57. The van der Waals surface area contributed by atoms with Gasteiger partial charge in [-0.1, -0.05) is 6.07 Å². The van der Waals surface area contributed by atoms with E-state index >= 15 is 0 Å². The summed E-state index contributed by atoms with van der Waals surface area (Å²) in [5.41, 5.74) is 1.80. The highest BCUT2D eigenvalue weighted by atomic mass is 16.5. The summed E-state index contributed by atoms with van der Waals surface area (Å²) in [6.45, 7) is 0.632. The van der Waals surface area contributed by atoms with Crippen LogP contribution in [-0.2, 0) is 6.54 Å². The van der Waals surface area contributed by atoms with Gasteiger partial charge in [0.1, 0.15) is 17.3 Å². The summed E-state index contributed by atoms with van der Waals surface area (Å²) in [6, 6.07) is 11.2. The highest BCUT2D eigenvalue weighted by molar-refractivity contribution is 5.65. The van der Waals surface area contributed by atoms with E-state index in [1.807, 2.05) is 42.6 Å². The van der Waals surface area contributed by atoms with E-state index < -0.39 is 0 Å². The molecule has 0 radical (unpaired) electrons. The third kappa shape index (κ3) is 4.35. The van der Waals surface area contributed by atoms with Crippen molar-refractivity contribution in [1.82, 2.24) is 15.0 Å². The fourth-order valence-electron chi connectivity index (χ4n) is 2.24. The number of nitrogens with zero attached hydrogens (tertiary/aromatic N) is 3. The predicted octanol–water partition coefficient (Wildman–Crippen LogP) is 3.24. The molecule has 1 aromatic carbocycles. The van der Waals surface area contributed by atoms with Crippen LogP contribution in [0.3, 0.4) is 0 Å². The van der Waals surface area contributed by atoms with Crippen LogP contribution in [0, 0.1) is 0 Å². The molecule has 7 nitrogen and oxygen atoms in total. The summed E-state index contributed by atoms with van der Waals surface area (Å²) in [5, 5.41) is 6.41. The van der Waals surface area contributed by atoms with Crippen molar-refractivity contribution in [3.8, 4) is 11.5 Å². The average Bonchev–Trinajstić information content (AvgIpc) is 2.67. The smallest absolute Gasteiger partial charge is 0.229 e. The minimum absolute atomic E-state index is 0.461. The van der Waals surface area contributed by atoms with Crippen LogP contribution in [0.25, 0.3) is 0 Å². The van der Waals surface area contributed by atoms with Crippen molar-refractivity contribution in [3.05, 3.63) is 60.6 Å². The zero-order chi connectivity index (χ0) is 17.5. The van der Waals surface area contributed by atoms with Crippen LogP contribution >= 0.6 is 0 Å². The first kappa shape index (κ1) is 16.5. The van der Waals surface area contributed by atoms with Gasteiger partial charge < -0.3 is 20.1 Å². The van der Waals surface area contributed by atoms with Crippen LogP contribution in [0.5, 0.6) is 11.5 Å². The Hall–Kier alpha value is -3.35. The van der Waals surface area contributed by atoms with Crippen LogP contribution in [0.15, 0.2) is 55.0 Å². The molecular weight excluding hydrogens is 318 g/mol. The molecule has 2 N–H and O–H groups in total. The SMILES string of the molecule is COc1ccc(OC)c(Nc2nccc(NCc3cccnc3)n2)c1. The molecule has 0 atom stereocenters. The molecule has 3 aromatic rings. The second-order valence-corrected chi connectivity index (χ2v) is 5.17. The summed E-state index contributed by atoms with van der Waals surface area (Å²) in [4.78, 5) is 12.8. The van der Waals surface area contributed by atoms with E-state index in [0.29, 0.717) is 29.8 Å². The van der Waals surface area contributed by atoms with E-state index in [1.54, 1.807) is 26.6 Å². The number of aromatic nitrogens is 3. The fourth-order valence-corrected chi connectivity index (χ4v) is 2.24. The average molecular weight is 337 g/mol. The summed E-state index contributed by atoms with van der Waals surface area (Å²) in [6.07, 6.45) is 5.25. The van der Waals surface area contributed by atoms with Gasteiger partial charge in [0.05, 0.1) is 19.9 Å². The first-order valence-electron chi connectivity index (χ1n) is 7.73. The van der Waals surface area contributed by atoms with Gasteiger partial charge in [0.15, 0.2) is 0 Å². The van der Waals surface area contributed by atoms with Crippen molar-refractivity contribution >= 4 is 17.5 Å². The van der Waals surface area contributed by atoms with Gasteiger partial charge in [-0.2, -0.15) is 4.98 Å². The van der Waals surface area contributed by atoms with Crippen molar-refractivity contribution in [2.45, 2.75) is 6.54 Å². The van der Waals surface area contributed by atoms with Crippen molar-refractivity contribution in [2.24, 2.45) is 0 Å². The number of rotatable bonds is 7. The summed E-state index contributed by atoms with van der Waals surface area (Å²) in [7, 11) is 3.23. The molecule has 0 bridgehead atoms. The maximum atomic E-state index is 5.36. The molecule has 3 rings (SSSR count). The molecule has 0 aliphatic heterocycles. The van der Waals surface area contributed by atoms with Gasteiger partial charge in [-0.15, -0.1) is 0 Å². The van der Waals surface area contributed by atoms with Crippen molar-refractivity contribution < 1.29 is 9.47 Å². The highest BCUT2D eigenvalue weighted by Crippen LogP contribution is 2.30. The monoisotopic (exact) mass is 337 g/mol. The quantitative estimate of drug-likeness (QED) is 0.685. The van der Waals surface area contributed by atoms with E-state index in [1.165, 1.54) is 0 Å². The number of anilines is 3. The molecule has 0 unspecified atom stereocenters.